The normalized spacial score (nSPS) is 20.8. The number of amides is 1. The summed E-state index contributed by atoms with van der Waals surface area (Å²) in [5.41, 5.74) is 1.56. The molecule has 1 atom stereocenters. The molecule has 1 saturated carbocycles. The molecule has 0 bridgehead atoms. The van der Waals surface area contributed by atoms with Gasteiger partial charge in [0.15, 0.2) is 10.8 Å². The highest BCUT2D eigenvalue weighted by Gasteiger charge is 2.26. The van der Waals surface area contributed by atoms with Crippen molar-refractivity contribution in [2.24, 2.45) is 0 Å². The monoisotopic (exact) mass is 353 g/mol. The van der Waals surface area contributed by atoms with Crippen LogP contribution in [0.4, 0.5) is 5.13 Å². The average molecular weight is 354 g/mol. The summed E-state index contributed by atoms with van der Waals surface area (Å²) in [6.07, 6.45) is 6.58. The molecule has 1 amide bonds. The van der Waals surface area contributed by atoms with Gasteiger partial charge in [0, 0.05) is 24.0 Å². The van der Waals surface area contributed by atoms with Gasteiger partial charge >= 0.3 is 0 Å². The van der Waals surface area contributed by atoms with Crippen molar-refractivity contribution >= 4 is 34.8 Å². The first kappa shape index (κ1) is 16.4. The lowest BCUT2D eigenvalue weighted by atomic mass is 10.1. The number of thiazole rings is 1. The van der Waals surface area contributed by atoms with Gasteiger partial charge in [-0.2, -0.15) is 5.10 Å². The quantitative estimate of drug-likeness (QED) is 0.886. The lowest BCUT2D eigenvalue weighted by molar-refractivity contribution is 0.102. The third-order valence-corrected chi connectivity index (χ3v) is 5.00. The van der Waals surface area contributed by atoms with Crippen molar-refractivity contribution in [2.45, 2.75) is 37.6 Å². The molecular formula is C15H20ClN5OS. The third-order valence-electron chi connectivity index (χ3n) is 4.22. The van der Waals surface area contributed by atoms with E-state index in [1.54, 1.807) is 6.07 Å². The number of halogens is 1. The fourth-order valence-electron chi connectivity index (χ4n) is 2.79. The summed E-state index contributed by atoms with van der Waals surface area (Å²) in [6, 6.07) is 2.12. The van der Waals surface area contributed by atoms with Gasteiger partial charge in [0.25, 0.3) is 5.91 Å². The number of nitrogens with one attached hydrogen (secondary N) is 2. The van der Waals surface area contributed by atoms with Crippen LogP contribution in [-0.2, 0) is 0 Å². The van der Waals surface area contributed by atoms with Crippen molar-refractivity contribution in [1.82, 2.24) is 20.1 Å². The number of carbonyl (C=O) groups is 1. The number of rotatable bonds is 4. The Hall–Kier alpha value is -1.44. The van der Waals surface area contributed by atoms with Crippen LogP contribution >= 0.6 is 23.7 Å². The predicted molar refractivity (Wildman–Crippen MR) is 92.7 cm³/mol. The van der Waals surface area contributed by atoms with Crippen LogP contribution in [0.3, 0.4) is 0 Å². The Labute approximate surface area is 145 Å². The largest absolute Gasteiger partial charge is 0.315 e. The Morgan fingerprint density at radius 3 is 3.00 bits per heavy atom. The van der Waals surface area contributed by atoms with E-state index in [2.05, 4.69) is 20.7 Å². The number of hydrogen-bond donors (Lipinski definition) is 2. The van der Waals surface area contributed by atoms with Gasteiger partial charge in [-0.3, -0.25) is 14.8 Å². The molecule has 4 rings (SSSR count). The minimum atomic E-state index is -0.181. The van der Waals surface area contributed by atoms with Gasteiger partial charge in [-0.1, -0.05) is 0 Å². The molecule has 2 aromatic rings. The molecule has 2 fully saturated rings. The zero-order chi connectivity index (χ0) is 14.9. The predicted octanol–water partition coefficient (Wildman–Crippen LogP) is 2.82. The van der Waals surface area contributed by atoms with Crippen LogP contribution in [0.5, 0.6) is 0 Å². The highest BCUT2D eigenvalue weighted by atomic mass is 35.5. The molecule has 23 heavy (non-hydrogen) atoms. The fraction of sp³-hybridized carbons (Fsp3) is 0.533. The van der Waals surface area contributed by atoms with Crippen LogP contribution in [0.15, 0.2) is 17.6 Å². The molecule has 2 N–H and O–H groups in total. The minimum Gasteiger partial charge on any atom is -0.315 e. The Morgan fingerprint density at radius 2 is 2.26 bits per heavy atom. The third kappa shape index (κ3) is 3.73. The molecule has 1 aliphatic heterocycles. The molecule has 1 aliphatic carbocycles. The van der Waals surface area contributed by atoms with E-state index in [0.717, 1.165) is 31.6 Å². The van der Waals surface area contributed by atoms with Gasteiger partial charge in [-0.05, 0) is 38.3 Å². The maximum Gasteiger partial charge on any atom is 0.277 e. The van der Waals surface area contributed by atoms with E-state index in [1.165, 1.54) is 24.2 Å². The van der Waals surface area contributed by atoms with E-state index in [1.807, 2.05) is 16.3 Å². The Kier molecular flexibility index (Phi) is 4.99. The lowest BCUT2D eigenvalue weighted by Gasteiger charge is -2.22. The summed E-state index contributed by atoms with van der Waals surface area (Å²) in [6.45, 7) is 1.98. The zero-order valence-corrected chi connectivity index (χ0v) is 14.3. The first-order chi connectivity index (χ1) is 10.8. The van der Waals surface area contributed by atoms with Crippen molar-refractivity contribution in [3.8, 4) is 0 Å². The number of nitrogens with zero attached hydrogens (tertiary/aromatic N) is 3. The van der Waals surface area contributed by atoms with Gasteiger partial charge in [-0.15, -0.1) is 23.7 Å². The molecule has 1 unspecified atom stereocenters. The smallest absolute Gasteiger partial charge is 0.277 e. The standard InChI is InChI=1S/C15H19N5OS.ClH/c21-14(18-15-17-13(9-22-15)10-3-4-10)12-5-7-20(19-12)11-2-1-6-16-8-11;/h5,7,9-11,16H,1-4,6,8H2,(H,17,18,21);1H. The van der Waals surface area contributed by atoms with Crippen molar-refractivity contribution in [2.75, 3.05) is 18.4 Å². The topological polar surface area (TPSA) is 71.8 Å². The Bertz CT molecular complexity index is 675. The summed E-state index contributed by atoms with van der Waals surface area (Å²) >= 11 is 1.49. The fourth-order valence-corrected chi connectivity index (χ4v) is 3.58. The summed E-state index contributed by atoms with van der Waals surface area (Å²) in [5, 5.41) is 13.4. The first-order valence-corrected chi connectivity index (χ1v) is 8.70. The second kappa shape index (κ2) is 6.98. The maximum absolute atomic E-state index is 12.3. The van der Waals surface area contributed by atoms with Crippen molar-refractivity contribution in [1.29, 1.82) is 0 Å². The van der Waals surface area contributed by atoms with Gasteiger partial charge in [-0.25, -0.2) is 4.98 Å². The Balaban J connectivity index is 0.00000156. The van der Waals surface area contributed by atoms with E-state index < -0.39 is 0 Å². The first-order valence-electron chi connectivity index (χ1n) is 7.82. The second-order valence-corrected chi connectivity index (χ2v) is 6.85. The van der Waals surface area contributed by atoms with Crippen molar-refractivity contribution < 1.29 is 4.79 Å². The van der Waals surface area contributed by atoms with E-state index in [9.17, 15) is 4.79 Å². The molecule has 0 spiro atoms. The van der Waals surface area contributed by atoms with Gasteiger partial charge in [0.1, 0.15) is 0 Å². The molecule has 2 aromatic heterocycles. The highest BCUT2D eigenvalue weighted by molar-refractivity contribution is 7.14. The molecule has 3 heterocycles. The van der Waals surface area contributed by atoms with Crippen molar-refractivity contribution in [3.63, 3.8) is 0 Å². The number of carbonyl (C=O) groups excluding carboxylic acids is 1. The molecule has 0 aromatic carbocycles. The van der Waals surface area contributed by atoms with E-state index in [4.69, 9.17) is 0 Å². The van der Waals surface area contributed by atoms with Crippen LogP contribution < -0.4 is 10.6 Å². The minimum absolute atomic E-state index is 0. The lowest BCUT2D eigenvalue weighted by Crippen LogP contribution is -2.32. The molecule has 1 saturated heterocycles. The summed E-state index contributed by atoms with van der Waals surface area (Å²) in [5.74, 6) is 0.430. The molecule has 8 heteroatoms. The number of piperidine rings is 1. The summed E-state index contributed by atoms with van der Waals surface area (Å²) < 4.78 is 1.90. The highest BCUT2D eigenvalue weighted by Crippen LogP contribution is 2.40. The molecule has 0 radical (unpaired) electrons. The summed E-state index contributed by atoms with van der Waals surface area (Å²) in [7, 11) is 0. The van der Waals surface area contributed by atoms with E-state index >= 15 is 0 Å². The average Bonchev–Trinajstić information content (AvgIpc) is 3.10. The number of hydrogen-bond acceptors (Lipinski definition) is 5. The molecule has 2 aliphatic rings. The van der Waals surface area contributed by atoms with Crippen LogP contribution in [-0.4, -0.2) is 33.8 Å². The van der Waals surface area contributed by atoms with E-state index in [0.29, 0.717) is 22.8 Å². The molecular weight excluding hydrogens is 334 g/mol. The van der Waals surface area contributed by atoms with Gasteiger partial charge in [0.05, 0.1) is 11.7 Å². The number of anilines is 1. The second-order valence-electron chi connectivity index (χ2n) is 5.99. The van der Waals surface area contributed by atoms with Gasteiger partial charge in [0.2, 0.25) is 0 Å². The van der Waals surface area contributed by atoms with Crippen molar-refractivity contribution in [3.05, 3.63) is 29.0 Å². The van der Waals surface area contributed by atoms with Crippen LogP contribution in [0.25, 0.3) is 0 Å². The number of aromatic nitrogens is 3. The summed E-state index contributed by atoms with van der Waals surface area (Å²) in [4.78, 5) is 16.7. The molecule has 6 nitrogen and oxygen atoms in total. The van der Waals surface area contributed by atoms with Gasteiger partial charge < -0.3 is 5.32 Å². The van der Waals surface area contributed by atoms with Crippen LogP contribution in [0.2, 0.25) is 0 Å². The molecule has 124 valence electrons. The SMILES string of the molecule is Cl.O=C(Nc1nc(C2CC2)cs1)c1ccn(C2CCCNC2)n1. The van der Waals surface area contributed by atoms with Crippen LogP contribution in [0.1, 0.15) is 53.8 Å². The zero-order valence-electron chi connectivity index (χ0n) is 12.7. The Morgan fingerprint density at radius 1 is 1.39 bits per heavy atom. The maximum atomic E-state index is 12.3. The van der Waals surface area contributed by atoms with Crippen LogP contribution in [0, 0.1) is 0 Å². The van der Waals surface area contributed by atoms with E-state index in [-0.39, 0.29) is 18.3 Å².